The van der Waals surface area contributed by atoms with Gasteiger partial charge in [0.25, 0.3) is 0 Å². The summed E-state index contributed by atoms with van der Waals surface area (Å²) in [5.41, 5.74) is 5.67. The predicted molar refractivity (Wildman–Crippen MR) is 56.8 cm³/mol. The molecule has 0 aliphatic rings. The first-order valence-electron chi connectivity index (χ1n) is 4.78. The lowest BCUT2D eigenvalue weighted by atomic mass is 10.0. The second kappa shape index (κ2) is 4.84. The maximum atomic E-state index is 10.8. The van der Waals surface area contributed by atoms with E-state index in [9.17, 15) is 4.79 Å². The van der Waals surface area contributed by atoms with Crippen molar-refractivity contribution in [2.75, 3.05) is 0 Å². The second-order valence-corrected chi connectivity index (χ2v) is 4.08. The molecule has 0 saturated heterocycles. The molecule has 0 spiro atoms. The molecule has 0 radical (unpaired) electrons. The molecule has 0 bridgehead atoms. The van der Waals surface area contributed by atoms with Gasteiger partial charge in [-0.1, -0.05) is 0 Å². The van der Waals surface area contributed by atoms with Crippen LogP contribution in [0.1, 0.15) is 26.0 Å². The normalized spacial score (nSPS) is 11.3. The van der Waals surface area contributed by atoms with Gasteiger partial charge in [-0.25, -0.2) is 0 Å². The molecule has 1 heterocycles. The third kappa shape index (κ3) is 4.51. The number of nitrogens with two attached hydrogens (primary N) is 1. The molecule has 5 nitrogen and oxygen atoms in total. The first-order valence-corrected chi connectivity index (χ1v) is 4.78. The summed E-state index contributed by atoms with van der Waals surface area (Å²) in [6.45, 7) is 4.43. The molecule has 0 aliphatic carbocycles. The maximum Gasteiger partial charge on any atom is 0.219 e. The Bertz CT molecular complexity index is 323. The van der Waals surface area contributed by atoms with E-state index in [2.05, 4.69) is 15.3 Å². The summed E-state index contributed by atoms with van der Waals surface area (Å²) in [7, 11) is 0. The number of nitrogens with zero attached hydrogens (tertiary/aromatic N) is 2. The lowest BCUT2D eigenvalue weighted by Crippen LogP contribution is -2.42. The molecular weight excluding hydrogens is 192 g/mol. The van der Waals surface area contributed by atoms with Crippen molar-refractivity contribution >= 4 is 5.91 Å². The van der Waals surface area contributed by atoms with Crippen LogP contribution in [-0.4, -0.2) is 21.4 Å². The topological polar surface area (TPSA) is 80.9 Å². The van der Waals surface area contributed by atoms with E-state index in [1.807, 2.05) is 13.8 Å². The van der Waals surface area contributed by atoms with Crippen LogP contribution < -0.4 is 11.1 Å². The summed E-state index contributed by atoms with van der Waals surface area (Å²) >= 11 is 0. The van der Waals surface area contributed by atoms with E-state index < -0.39 is 0 Å². The Morgan fingerprint density at radius 3 is 2.80 bits per heavy atom. The number of primary amides is 1. The quantitative estimate of drug-likeness (QED) is 0.725. The molecule has 0 atom stereocenters. The van der Waals surface area contributed by atoms with Crippen molar-refractivity contribution in [1.29, 1.82) is 0 Å². The van der Waals surface area contributed by atoms with Gasteiger partial charge in [-0.15, -0.1) is 0 Å². The van der Waals surface area contributed by atoms with Crippen LogP contribution in [0.5, 0.6) is 0 Å². The monoisotopic (exact) mass is 208 g/mol. The van der Waals surface area contributed by atoms with E-state index >= 15 is 0 Å². The van der Waals surface area contributed by atoms with Gasteiger partial charge in [-0.3, -0.25) is 14.8 Å². The predicted octanol–water partition coefficient (Wildman–Crippen LogP) is 0.220. The molecule has 1 rings (SSSR count). The Balaban J connectivity index is 2.46. The van der Waals surface area contributed by atoms with Gasteiger partial charge in [-0.05, 0) is 13.8 Å². The molecule has 0 saturated carbocycles. The Morgan fingerprint density at radius 1 is 1.53 bits per heavy atom. The van der Waals surface area contributed by atoms with Gasteiger partial charge in [0, 0.05) is 37.1 Å². The van der Waals surface area contributed by atoms with Gasteiger partial charge < -0.3 is 11.1 Å². The summed E-state index contributed by atoms with van der Waals surface area (Å²) in [6, 6.07) is 0. The highest BCUT2D eigenvalue weighted by molar-refractivity contribution is 5.74. The number of hydrogen-bond acceptors (Lipinski definition) is 4. The van der Waals surface area contributed by atoms with Gasteiger partial charge in [-0.2, -0.15) is 0 Å². The molecular formula is C10H16N4O. The van der Waals surface area contributed by atoms with Crippen LogP contribution in [0.2, 0.25) is 0 Å². The summed E-state index contributed by atoms with van der Waals surface area (Å²) in [5, 5.41) is 3.20. The van der Waals surface area contributed by atoms with Crippen molar-refractivity contribution in [3.8, 4) is 0 Å². The van der Waals surface area contributed by atoms with Crippen LogP contribution in [0, 0.1) is 0 Å². The van der Waals surface area contributed by atoms with Crippen LogP contribution in [-0.2, 0) is 11.3 Å². The lowest BCUT2D eigenvalue weighted by molar-refractivity contribution is -0.119. The second-order valence-electron chi connectivity index (χ2n) is 4.08. The van der Waals surface area contributed by atoms with Crippen LogP contribution in [0.15, 0.2) is 18.6 Å². The average molecular weight is 208 g/mol. The molecule has 0 aliphatic heterocycles. The van der Waals surface area contributed by atoms with Gasteiger partial charge in [0.2, 0.25) is 5.91 Å². The average Bonchev–Trinajstić information content (AvgIpc) is 2.15. The SMILES string of the molecule is CC(C)(CC(N)=O)NCc1cnccn1. The number of rotatable bonds is 5. The fourth-order valence-electron chi connectivity index (χ4n) is 1.25. The molecule has 1 aromatic heterocycles. The highest BCUT2D eigenvalue weighted by Crippen LogP contribution is 2.08. The van der Waals surface area contributed by atoms with Gasteiger partial charge in [0.15, 0.2) is 0 Å². The highest BCUT2D eigenvalue weighted by atomic mass is 16.1. The number of hydrogen-bond donors (Lipinski definition) is 2. The lowest BCUT2D eigenvalue weighted by Gasteiger charge is -2.24. The van der Waals surface area contributed by atoms with Crippen molar-refractivity contribution in [1.82, 2.24) is 15.3 Å². The Morgan fingerprint density at radius 2 is 2.27 bits per heavy atom. The largest absolute Gasteiger partial charge is 0.370 e. The fourth-order valence-corrected chi connectivity index (χ4v) is 1.25. The molecule has 5 heteroatoms. The number of amides is 1. The first kappa shape index (κ1) is 11.6. The van der Waals surface area contributed by atoms with Crippen molar-refractivity contribution in [2.45, 2.75) is 32.4 Å². The summed E-state index contributed by atoms with van der Waals surface area (Å²) < 4.78 is 0. The number of carbonyl (C=O) groups is 1. The van der Waals surface area contributed by atoms with Gasteiger partial charge in [0.1, 0.15) is 0 Å². The van der Waals surface area contributed by atoms with Crippen molar-refractivity contribution in [3.05, 3.63) is 24.3 Å². The van der Waals surface area contributed by atoms with Crippen LogP contribution >= 0.6 is 0 Å². The Kier molecular flexibility index (Phi) is 3.74. The standard InChI is InChI=1S/C10H16N4O/c1-10(2,5-9(11)15)14-7-8-6-12-3-4-13-8/h3-4,6,14H,5,7H2,1-2H3,(H2,11,15). The Hall–Kier alpha value is -1.49. The van der Waals surface area contributed by atoms with E-state index in [0.717, 1.165) is 5.69 Å². The molecule has 1 aromatic rings. The first-order chi connectivity index (χ1) is 6.99. The highest BCUT2D eigenvalue weighted by Gasteiger charge is 2.19. The van der Waals surface area contributed by atoms with Gasteiger partial charge >= 0.3 is 0 Å². The molecule has 15 heavy (non-hydrogen) atoms. The van der Waals surface area contributed by atoms with E-state index in [0.29, 0.717) is 13.0 Å². The zero-order chi connectivity index (χ0) is 11.3. The molecule has 82 valence electrons. The number of carbonyl (C=O) groups excluding carboxylic acids is 1. The van der Waals surface area contributed by atoms with E-state index in [1.165, 1.54) is 0 Å². The van der Waals surface area contributed by atoms with Crippen LogP contribution in [0.3, 0.4) is 0 Å². The zero-order valence-corrected chi connectivity index (χ0v) is 9.03. The Labute approximate surface area is 89.1 Å². The fraction of sp³-hybridized carbons (Fsp3) is 0.500. The van der Waals surface area contributed by atoms with E-state index in [-0.39, 0.29) is 11.4 Å². The third-order valence-corrected chi connectivity index (χ3v) is 1.98. The van der Waals surface area contributed by atoms with Crippen LogP contribution in [0.4, 0.5) is 0 Å². The molecule has 0 unspecified atom stereocenters. The molecule has 3 N–H and O–H groups in total. The zero-order valence-electron chi connectivity index (χ0n) is 9.03. The molecule has 0 aromatic carbocycles. The molecule has 1 amide bonds. The third-order valence-electron chi connectivity index (χ3n) is 1.98. The maximum absolute atomic E-state index is 10.8. The van der Waals surface area contributed by atoms with Crippen molar-refractivity contribution < 1.29 is 4.79 Å². The van der Waals surface area contributed by atoms with Gasteiger partial charge in [0.05, 0.1) is 5.69 Å². The summed E-state index contributed by atoms with van der Waals surface area (Å²) in [4.78, 5) is 18.9. The van der Waals surface area contributed by atoms with Crippen LogP contribution in [0.25, 0.3) is 0 Å². The molecule has 0 fully saturated rings. The van der Waals surface area contributed by atoms with Crippen molar-refractivity contribution in [2.24, 2.45) is 5.73 Å². The van der Waals surface area contributed by atoms with Crippen molar-refractivity contribution in [3.63, 3.8) is 0 Å². The van der Waals surface area contributed by atoms with E-state index in [1.54, 1.807) is 18.6 Å². The minimum Gasteiger partial charge on any atom is -0.370 e. The van der Waals surface area contributed by atoms with E-state index in [4.69, 9.17) is 5.73 Å². The summed E-state index contributed by atoms with van der Waals surface area (Å²) in [5.74, 6) is -0.313. The smallest absolute Gasteiger partial charge is 0.219 e. The number of nitrogens with one attached hydrogen (secondary N) is 1. The summed E-state index contributed by atoms with van der Waals surface area (Å²) in [6.07, 6.45) is 5.25. The minimum atomic E-state index is -0.316. The minimum absolute atomic E-state index is 0.299. The number of aromatic nitrogens is 2.